The van der Waals surface area contributed by atoms with Gasteiger partial charge in [-0.3, -0.25) is 4.99 Å². The maximum Gasteiger partial charge on any atom is 0.190 e. The molecule has 1 saturated heterocycles. The van der Waals surface area contributed by atoms with E-state index in [0.29, 0.717) is 6.10 Å². The van der Waals surface area contributed by atoms with Crippen LogP contribution in [0.25, 0.3) is 0 Å². The first kappa shape index (κ1) is 22.0. The number of aliphatic imine (C=N–C) groups is 1. The van der Waals surface area contributed by atoms with Gasteiger partial charge in [0.1, 0.15) is 0 Å². The van der Waals surface area contributed by atoms with E-state index in [0.717, 1.165) is 38.0 Å². The minimum atomic E-state index is 0. The van der Waals surface area contributed by atoms with Gasteiger partial charge in [-0.15, -0.1) is 24.0 Å². The van der Waals surface area contributed by atoms with Gasteiger partial charge in [0.2, 0.25) is 0 Å². The Hall–Kier alpha value is -0.0800. The van der Waals surface area contributed by atoms with Gasteiger partial charge in [0, 0.05) is 33.3 Å². The van der Waals surface area contributed by atoms with Gasteiger partial charge in [-0.2, -0.15) is 0 Å². The summed E-state index contributed by atoms with van der Waals surface area (Å²) in [5, 5.41) is 6.87. The first-order valence-electron chi connectivity index (χ1n) is 9.60. The zero-order valence-corrected chi connectivity index (χ0v) is 17.9. The first-order valence-corrected chi connectivity index (χ1v) is 9.60. The second kappa shape index (κ2) is 13.2. The van der Waals surface area contributed by atoms with Gasteiger partial charge in [-0.1, -0.05) is 26.2 Å². The van der Waals surface area contributed by atoms with Crippen LogP contribution >= 0.6 is 24.0 Å². The number of likely N-dealkylation sites (tertiary alicyclic amines) is 1. The Morgan fingerprint density at radius 1 is 1.17 bits per heavy atom. The van der Waals surface area contributed by atoms with E-state index in [2.05, 4.69) is 27.4 Å². The molecule has 2 N–H and O–H groups in total. The second-order valence-electron chi connectivity index (χ2n) is 6.91. The van der Waals surface area contributed by atoms with Gasteiger partial charge < -0.3 is 20.3 Å². The van der Waals surface area contributed by atoms with Crippen molar-refractivity contribution in [3.8, 4) is 0 Å². The van der Waals surface area contributed by atoms with Gasteiger partial charge in [0.05, 0.1) is 6.10 Å². The molecular weight excluding hydrogens is 415 g/mol. The van der Waals surface area contributed by atoms with Crippen LogP contribution in [0.3, 0.4) is 0 Å². The molecule has 0 aromatic heterocycles. The van der Waals surface area contributed by atoms with Gasteiger partial charge in [-0.05, 0) is 44.7 Å². The molecule has 2 aliphatic rings. The number of rotatable bonds is 8. The Labute approximate surface area is 165 Å². The molecule has 0 aromatic rings. The molecule has 6 heteroatoms. The summed E-state index contributed by atoms with van der Waals surface area (Å²) in [7, 11) is 1.85. The Kier molecular flexibility index (Phi) is 12.0. The van der Waals surface area contributed by atoms with Gasteiger partial charge in [0.25, 0.3) is 0 Å². The van der Waals surface area contributed by atoms with Crippen LogP contribution in [0.2, 0.25) is 0 Å². The van der Waals surface area contributed by atoms with E-state index in [-0.39, 0.29) is 24.0 Å². The zero-order valence-electron chi connectivity index (χ0n) is 15.6. The average Bonchev–Trinajstić information content (AvgIpc) is 3.06. The van der Waals surface area contributed by atoms with Crippen LogP contribution in [0.5, 0.6) is 0 Å². The molecule has 5 nitrogen and oxygen atoms in total. The lowest BCUT2D eigenvalue weighted by atomic mass is 9.98. The first-order chi connectivity index (χ1) is 11.3. The number of hydrogen-bond donors (Lipinski definition) is 2. The highest BCUT2D eigenvalue weighted by Crippen LogP contribution is 2.20. The van der Waals surface area contributed by atoms with Crippen molar-refractivity contribution in [2.45, 2.75) is 58.0 Å². The molecule has 1 aliphatic heterocycles. The predicted molar refractivity (Wildman–Crippen MR) is 112 cm³/mol. The van der Waals surface area contributed by atoms with Gasteiger partial charge in [0.15, 0.2) is 5.96 Å². The van der Waals surface area contributed by atoms with Crippen LogP contribution in [-0.4, -0.2) is 63.3 Å². The summed E-state index contributed by atoms with van der Waals surface area (Å²) in [4.78, 5) is 6.83. The molecule has 1 aliphatic carbocycles. The molecule has 0 radical (unpaired) electrons. The van der Waals surface area contributed by atoms with E-state index in [9.17, 15) is 0 Å². The van der Waals surface area contributed by atoms with Crippen molar-refractivity contribution in [3.63, 3.8) is 0 Å². The summed E-state index contributed by atoms with van der Waals surface area (Å²) in [5.41, 5.74) is 0. The number of nitrogens with one attached hydrogen (secondary N) is 2. The zero-order chi connectivity index (χ0) is 16.3. The number of hydrogen-bond acceptors (Lipinski definition) is 3. The third kappa shape index (κ3) is 8.34. The minimum absolute atomic E-state index is 0. The molecule has 24 heavy (non-hydrogen) atoms. The third-order valence-electron chi connectivity index (χ3n) is 5.12. The predicted octanol–water partition coefficient (Wildman–Crippen LogP) is 2.85. The number of halogens is 1. The fourth-order valence-corrected chi connectivity index (χ4v) is 3.59. The Morgan fingerprint density at radius 3 is 2.62 bits per heavy atom. The maximum atomic E-state index is 5.96. The third-order valence-corrected chi connectivity index (χ3v) is 5.12. The second-order valence-corrected chi connectivity index (χ2v) is 6.91. The lowest BCUT2D eigenvalue weighted by Gasteiger charge is -2.22. The van der Waals surface area contributed by atoms with Crippen LogP contribution < -0.4 is 10.6 Å². The molecule has 0 spiro atoms. The largest absolute Gasteiger partial charge is 0.378 e. The Balaban J connectivity index is 0.00000288. The fraction of sp³-hybridized carbons (Fsp3) is 0.944. The summed E-state index contributed by atoms with van der Waals surface area (Å²) in [6.45, 7) is 8.69. The summed E-state index contributed by atoms with van der Waals surface area (Å²) in [6, 6.07) is 0. The molecule has 1 atom stereocenters. The van der Waals surface area contributed by atoms with Crippen LogP contribution in [0.15, 0.2) is 4.99 Å². The summed E-state index contributed by atoms with van der Waals surface area (Å²) in [6.07, 6.45) is 9.45. The Bertz CT molecular complexity index is 348. The lowest BCUT2D eigenvalue weighted by Crippen LogP contribution is -2.40. The molecule has 1 heterocycles. The summed E-state index contributed by atoms with van der Waals surface area (Å²) < 4.78 is 5.96. The summed E-state index contributed by atoms with van der Waals surface area (Å²) >= 11 is 0. The topological polar surface area (TPSA) is 48.9 Å². The standard InChI is InChI=1S/C18H36N4O.HI/c1-3-22-12-10-16(15-22)14-21-18(19-2)20-11-7-13-23-17-8-5-4-6-9-17;/h16-17H,3-15H2,1-2H3,(H2,19,20,21);1H. The Morgan fingerprint density at radius 2 is 1.96 bits per heavy atom. The smallest absolute Gasteiger partial charge is 0.190 e. The number of ether oxygens (including phenoxy) is 1. The van der Waals surface area contributed by atoms with Crippen molar-refractivity contribution in [2.75, 3.05) is 46.4 Å². The number of nitrogens with zero attached hydrogens (tertiary/aromatic N) is 2. The van der Waals surface area contributed by atoms with E-state index >= 15 is 0 Å². The average molecular weight is 452 g/mol. The summed E-state index contributed by atoms with van der Waals surface area (Å²) in [5.74, 6) is 1.68. The van der Waals surface area contributed by atoms with E-state index in [1.165, 1.54) is 58.2 Å². The lowest BCUT2D eigenvalue weighted by molar-refractivity contribution is 0.0277. The SMILES string of the molecule is CCN1CCC(CNC(=NC)NCCCOC2CCCCC2)C1.I. The van der Waals surface area contributed by atoms with Gasteiger partial charge in [-0.25, -0.2) is 0 Å². The molecule has 0 amide bonds. The van der Waals surface area contributed by atoms with Crippen LogP contribution in [0, 0.1) is 5.92 Å². The van der Waals surface area contributed by atoms with Crippen molar-refractivity contribution in [1.82, 2.24) is 15.5 Å². The van der Waals surface area contributed by atoms with Crippen LogP contribution in [0.4, 0.5) is 0 Å². The van der Waals surface area contributed by atoms with Crippen molar-refractivity contribution in [3.05, 3.63) is 0 Å². The molecule has 142 valence electrons. The molecule has 2 rings (SSSR count). The van der Waals surface area contributed by atoms with Crippen molar-refractivity contribution in [1.29, 1.82) is 0 Å². The maximum absolute atomic E-state index is 5.96. The minimum Gasteiger partial charge on any atom is -0.378 e. The van der Waals surface area contributed by atoms with Crippen molar-refractivity contribution in [2.24, 2.45) is 10.9 Å². The van der Waals surface area contributed by atoms with Crippen LogP contribution in [-0.2, 0) is 4.74 Å². The van der Waals surface area contributed by atoms with Crippen molar-refractivity contribution >= 4 is 29.9 Å². The fourth-order valence-electron chi connectivity index (χ4n) is 3.59. The molecule has 2 fully saturated rings. The van der Waals surface area contributed by atoms with Crippen LogP contribution in [0.1, 0.15) is 51.9 Å². The highest BCUT2D eigenvalue weighted by atomic mass is 127. The molecule has 1 unspecified atom stereocenters. The normalized spacial score (nSPS) is 23.1. The number of guanidine groups is 1. The highest BCUT2D eigenvalue weighted by Gasteiger charge is 2.20. The molecule has 0 bridgehead atoms. The van der Waals surface area contributed by atoms with Crippen molar-refractivity contribution < 1.29 is 4.74 Å². The van der Waals surface area contributed by atoms with Gasteiger partial charge >= 0.3 is 0 Å². The molecule has 1 saturated carbocycles. The quantitative estimate of drug-likeness (QED) is 0.258. The highest BCUT2D eigenvalue weighted by molar-refractivity contribution is 14.0. The van der Waals surface area contributed by atoms with E-state index in [1.54, 1.807) is 0 Å². The van der Waals surface area contributed by atoms with E-state index in [1.807, 2.05) is 7.05 Å². The molecule has 0 aromatic carbocycles. The molecular formula is C18H37IN4O. The van der Waals surface area contributed by atoms with E-state index < -0.39 is 0 Å². The monoisotopic (exact) mass is 452 g/mol. The van der Waals surface area contributed by atoms with E-state index in [4.69, 9.17) is 4.74 Å².